The molecule has 0 aliphatic carbocycles. The first-order chi connectivity index (χ1) is 12.4. The molecule has 5 nitrogen and oxygen atoms in total. The molecule has 0 spiro atoms. The quantitative estimate of drug-likeness (QED) is 0.751. The molecule has 1 aromatic carbocycles. The molecule has 0 atom stereocenters. The molecule has 0 aromatic heterocycles. The summed E-state index contributed by atoms with van der Waals surface area (Å²) in [6.07, 6.45) is -3.23. The third-order valence-electron chi connectivity index (χ3n) is 5.38. The molecule has 0 N–H and O–H groups in total. The van der Waals surface area contributed by atoms with E-state index in [9.17, 15) is 18.0 Å². The average molecular weight is 385 g/mol. The number of ether oxygens (including phenoxy) is 1. The van der Waals surface area contributed by atoms with Crippen LogP contribution in [0.3, 0.4) is 0 Å². The summed E-state index contributed by atoms with van der Waals surface area (Å²) in [5, 5.41) is 0. The fraction of sp³-hybridized carbons (Fsp3) is 0.611. The summed E-state index contributed by atoms with van der Waals surface area (Å²) >= 11 is 0. The first kappa shape index (κ1) is 20.0. The van der Waals surface area contributed by atoms with Gasteiger partial charge in [-0.1, -0.05) is 6.07 Å². The van der Waals surface area contributed by atoms with Crippen molar-refractivity contribution in [2.75, 3.05) is 13.1 Å². The Hall–Kier alpha value is -1.74. The molecule has 2 aliphatic rings. The van der Waals surface area contributed by atoms with E-state index in [4.69, 9.17) is 9.31 Å². The summed E-state index contributed by atoms with van der Waals surface area (Å²) in [4.78, 5) is 14.1. The molecule has 9 heteroatoms. The van der Waals surface area contributed by atoms with E-state index in [2.05, 4.69) is 4.74 Å². The van der Waals surface area contributed by atoms with Gasteiger partial charge >= 0.3 is 13.5 Å². The van der Waals surface area contributed by atoms with Crippen LogP contribution in [-0.4, -0.2) is 48.6 Å². The van der Waals surface area contributed by atoms with Crippen LogP contribution in [0.1, 0.15) is 50.9 Å². The van der Waals surface area contributed by atoms with Gasteiger partial charge in [0.1, 0.15) is 5.75 Å². The van der Waals surface area contributed by atoms with Crippen LogP contribution in [0.4, 0.5) is 13.2 Å². The van der Waals surface area contributed by atoms with Crippen LogP contribution < -0.4 is 10.2 Å². The zero-order chi connectivity index (χ0) is 20.0. The Labute approximate surface area is 156 Å². The summed E-state index contributed by atoms with van der Waals surface area (Å²) in [7, 11) is -0.846. The predicted octanol–water partition coefficient (Wildman–Crippen LogP) is 3.12. The second-order valence-corrected chi connectivity index (χ2v) is 7.89. The standard InChI is InChI=1S/C18H23BF3NO4/c1-16(2)17(3,4)27-19(26-16)12-7-8-13(14(11-12)25-18(20,21)22)15(24)23-9-5-6-10-23/h7-8,11H,5-6,9-10H2,1-4H3. The van der Waals surface area contributed by atoms with Crippen molar-refractivity contribution in [1.82, 2.24) is 4.90 Å². The molecule has 2 aliphatic heterocycles. The number of rotatable bonds is 3. The molecule has 3 rings (SSSR count). The van der Waals surface area contributed by atoms with Gasteiger partial charge in [-0.2, -0.15) is 0 Å². The fourth-order valence-electron chi connectivity index (χ4n) is 3.14. The van der Waals surface area contributed by atoms with Gasteiger partial charge in [-0.3, -0.25) is 4.79 Å². The van der Waals surface area contributed by atoms with Crippen LogP contribution in [0.25, 0.3) is 0 Å². The summed E-state index contributed by atoms with van der Waals surface area (Å²) in [6, 6.07) is 4.08. The van der Waals surface area contributed by atoms with Gasteiger partial charge in [-0.15, -0.1) is 13.2 Å². The summed E-state index contributed by atoms with van der Waals surface area (Å²) in [5.41, 5.74) is -1.01. The van der Waals surface area contributed by atoms with Crippen molar-refractivity contribution in [3.8, 4) is 5.75 Å². The number of hydrogen-bond donors (Lipinski definition) is 0. The molecule has 0 saturated carbocycles. The normalized spacial score (nSPS) is 21.6. The van der Waals surface area contributed by atoms with Gasteiger partial charge in [-0.05, 0) is 58.1 Å². The molecule has 1 aromatic rings. The van der Waals surface area contributed by atoms with Crippen LogP contribution in [0.5, 0.6) is 5.75 Å². The lowest BCUT2D eigenvalue weighted by molar-refractivity contribution is -0.274. The van der Waals surface area contributed by atoms with E-state index in [0.717, 1.165) is 12.8 Å². The van der Waals surface area contributed by atoms with E-state index >= 15 is 0 Å². The maximum Gasteiger partial charge on any atom is 0.573 e. The lowest BCUT2D eigenvalue weighted by Crippen LogP contribution is -2.41. The number of amides is 1. The van der Waals surface area contributed by atoms with E-state index in [1.807, 2.05) is 27.7 Å². The Kier molecular flexibility index (Phi) is 4.97. The Balaban J connectivity index is 1.94. The van der Waals surface area contributed by atoms with Crippen LogP contribution in [0.15, 0.2) is 18.2 Å². The first-order valence-electron chi connectivity index (χ1n) is 8.94. The summed E-state index contributed by atoms with van der Waals surface area (Å²) in [6.45, 7) is 8.47. The highest BCUT2D eigenvalue weighted by molar-refractivity contribution is 6.62. The number of hydrogen-bond acceptors (Lipinski definition) is 4. The van der Waals surface area contributed by atoms with Gasteiger partial charge in [0, 0.05) is 13.1 Å². The maximum absolute atomic E-state index is 12.9. The molecule has 0 unspecified atom stereocenters. The predicted molar refractivity (Wildman–Crippen MR) is 94.0 cm³/mol. The van der Waals surface area contributed by atoms with Gasteiger partial charge in [0.2, 0.25) is 0 Å². The van der Waals surface area contributed by atoms with Crippen molar-refractivity contribution in [1.29, 1.82) is 0 Å². The Morgan fingerprint density at radius 1 is 1.11 bits per heavy atom. The monoisotopic (exact) mass is 385 g/mol. The molecule has 2 fully saturated rings. The molecular weight excluding hydrogens is 362 g/mol. The van der Waals surface area contributed by atoms with E-state index < -0.39 is 36.3 Å². The smallest absolute Gasteiger partial charge is 0.405 e. The van der Waals surface area contributed by atoms with Crippen molar-refractivity contribution in [3.63, 3.8) is 0 Å². The number of carbonyl (C=O) groups excluding carboxylic acids is 1. The Bertz CT molecular complexity index is 714. The van der Waals surface area contributed by atoms with Crippen molar-refractivity contribution >= 4 is 18.5 Å². The third kappa shape index (κ3) is 4.08. The molecule has 0 bridgehead atoms. The molecule has 27 heavy (non-hydrogen) atoms. The highest BCUT2D eigenvalue weighted by atomic mass is 19.4. The zero-order valence-corrected chi connectivity index (χ0v) is 15.9. The lowest BCUT2D eigenvalue weighted by Gasteiger charge is -2.32. The van der Waals surface area contributed by atoms with Crippen LogP contribution >= 0.6 is 0 Å². The first-order valence-corrected chi connectivity index (χ1v) is 8.94. The SMILES string of the molecule is CC1(C)OB(c2ccc(C(=O)N3CCCC3)c(OC(F)(F)F)c2)OC1(C)C. The third-order valence-corrected chi connectivity index (χ3v) is 5.38. The average Bonchev–Trinajstić information content (AvgIpc) is 3.12. The van der Waals surface area contributed by atoms with Crippen LogP contribution in [0, 0.1) is 0 Å². The summed E-state index contributed by atoms with van der Waals surface area (Å²) < 4.78 is 54.6. The van der Waals surface area contributed by atoms with Gasteiger partial charge in [0.05, 0.1) is 16.8 Å². The van der Waals surface area contributed by atoms with E-state index in [1.165, 1.54) is 17.0 Å². The highest BCUT2D eigenvalue weighted by Crippen LogP contribution is 2.37. The number of likely N-dealkylation sites (tertiary alicyclic amines) is 1. The van der Waals surface area contributed by atoms with E-state index in [1.54, 1.807) is 6.07 Å². The second-order valence-electron chi connectivity index (χ2n) is 7.89. The van der Waals surface area contributed by atoms with E-state index in [-0.39, 0.29) is 5.56 Å². The summed E-state index contributed by atoms with van der Waals surface area (Å²) in [5.74, 6) is -1.00. The van der Waals surface area contributed by atoms with Crippen molar-refractivity contribution in [3.05, 3.63) is 23.8 Å². The molecule has 2 heterocycles. The Morgan fingerprint density at radius 2 is 1.67 bits per heavy atom. The van der Waals surface area contributed by atoms with E-state index in [0.29, 0.717) is 18.6 Å². The number of halogens is 3. The minimum atomic E-state index is -4.91. The van der Waals surface area contributed by atoms with Gasteiger partial charge in [0.15, 0.2) is 0 Å². The number of carbonyl (C=O) groups is 1. The molecular formula is C18H23BF3NO4. The van der Waals surface area contributed by atoms with Crippen molar-refractivity contribution < 1.29 is 32.0 Å². The van der Waals surface area contributed by atoms with Gasteiger partial charge in [-0.25, -0.2) is 0 Å². The number of alkyl halides is 3. The molecule has 1 amide bonds. The molecule has 0 radical (unpaired) electrons. The number of nitrogens with zero attached hydrogens (tertiary/aromatic N) is 1. The molecule has 148 valence electrons. The van der Waals surface area contributed by atoms with Gasteiger partial charge in [0.25, 0.3) is 5.91 Å². The minimum Gasteiger partial charge on any atom is -0.405 e. The largest absolute Gasteiger partial charge is 0.573 e. The molecule has 2 saturated heterocycles. The lowest BCUT2D eigenvalue weighted by atomic mass is 9.78. The second kappa shape index (κ2) is 6.70. The van der Waals surface area contributed by atoms with Crippen LogP contribution in [-0.2, 0) is 9.31 Å². The van der Waals surface area contributed by atoms with Gasteiger partial charge < -0.3 is 18.9 Å². The van der Waals surface area contributed by atoms with Crippen molar-refractivity contribution in [2.45, 2.75) is 58.1 Å². The maximum atomic E-state index is 12.9. The van der Waals surface area contributed by atoms with Crippen molar-refractivity contribution in [2.24, 2.45) is 0 Å². The van der Waals surface area contributed by atoms with Crippen LogP contribution in [0.2, 0.25) is 0 Å². The Morgan fingerprint density at radius 3 is 2.19 bits per heavy atom. The zero-order valence-electron chi connectivity index (χ0n) is 15.9. The topological polar surface area (TPSA) is 48.0 Å². The number of benzene rings is 1. The minimum absolute atomic E-state index is 0.116. The fourth-order valence-corrected chi connectivity index (χ4v) is 3.14. The highest BCUT2D eigenvalue weighted by Gasteiger charge is 2.52.